The van der Waals surface area contributed by atoms with Gasteiger partial charge >= 0.3 is 37.7 Å². The second-order valence-corrected chi connectivity index (χ2v) is 42.5. The molecule has 7 fully saturated rings. The normalized spacial score (nSPS) is 30.2. The van der Waals surface area contributed by atoms with Crippen LogP contribution in [0, 0.1) is 81.3 Å². The quantitative estimate of drug-likeness (QED) is 0.0503. The maximum absolute atomic E-state index is 14.3. The van der Waals surface area contributed by atoms with E-state index in [0.717, 1.165) is 109 Å². The van der Waals surface area contributed by atoms with E-state index in [1.165, 1.54) is 57.5 Å². The third-order valence-corrected chi connectivity index (χ3v) is 30.0. The van der Waals surface area contributed by atoms with E-state index in [1.54, 1.807) is 18.2 Å². The van der Waals surface area contributed by atoms with Crippen LogP contribution >= 0.6 is 0 Å². The molecule has 10 aliphatic rings. The van der Waals surface area contributed by atoms with Gasteiger partial charge in [0.15, 0.2) is 0 Å². The van der Waals surface area contributed by atoms with E-state index >= 15 is 0 Å². The molecule has 9 heterocycles. The van der Waals surface area contributed by atoms with Crippen LogP contribution in [-0.4, -0.2) is 192 Å². The van der Waals surface area contributed by atoms with Crippen LogP contribution in [-0.2, 0) is 132 Å². The number of aryl methyl sites for hydroxylation is 3. The van der Waals surface area contributed by atoms with Gasteiger partial charge in [-0.2, -0.15) is 26.3 Å². The number of alkyl halides is 6. The summed E-state index contributed by atoms with van der Waals surface area (Å²) in [6, 6.07) is 10.7. The minimum atomic E-state index is -2.98. The van der Waals surface area contributed by atoms with Crippen LogP contribution in [0.15, 0.2) is 54.6 Å². The number of fused-ring (bicyclic) bond motifs is 17. The van der Waals surface area contributed by atoms with Gasteiger partial charge in [-0.1, -0.05) is 153 Å². The summed E-state index contributed by atoms with van der Waals surface area (Å²) in [6.45, 7) is 18.3. The zero-order chi connectivity index (χ0) is 97.1. The first-order valence-electron chi connectivity index (χ1n) is 48.5. The Bertz CT molecular complexity index is 5310. The maximum Gasteiger partial charge on any atom is 0.387 e. The summed E-state index contributed by atoms with van der Waals surface area (Å²) in [5.74, 6) is -2.78. The average Bonchev–Trinajstić information content (AvgIpc) is 1.57. The molecule has 6 aliphatic heterocycles. The maximum atomic E-state index is 14.3. The number of rotatable bonds is 11. The Morgan fingerprint density at radius 1 is 0.428 bits per heavy atom. The SMILES string of the molecule is CC[C@@H]1[C@@H]2CN(C(=O)[C@H](C(C)(C)C)CC(=O)O[C@]3(C)CC4CC4[C@H]3CCCCCc3nc4ccc(OC(F)F)cc4nc3O2)[C@@H]1[C-]=O.CC[C@@H]1[C@@H]2CN(C(=O)[C@H](C(C)(C)C)CC(=O)O[C@]3(C)CCC[C@H]3CCCCCc3nc4ccc(OC(F)F)cc4nc3O2)[C@@H]1[C-]=O.C[C@@H]1[C@@H]2CN(C(=O)[C@H](C(C)(C)C)CC(=O)O[C@@H]3C[C@H]3CCCCCc3nc4ccc(OC(F)F)cc4nc3O2)[C@@H]1[C-]=O.[V].[V].[V]. The Morgan fingerprint density at radius 2 is 0.797 bits per heavy atom. The van der Waals surface area contributed by atoms with E-state index in [1.807, 2.05) is 96.3 Å². The van der Waals surface area contributed by atoms with Crippen molar-refractivity contribution in [1.82, 2.24) is 44.6 Å². The average molecular weight is 2040 g/mol. The molecule has 20 atom stereocenters. The van der Waals surface area contributed by atoms with E-state index in [2.05, 4.69) is 38.7 Å². The van der Waals surface area contributed by atoms with Crippen molar-refractivity contribution in [2.75, 3.05) is 19.6 Å². The van der Waals surface area contributed by atoms with Crippen molar-refractivity contribution >= 4 is 87.6 Å². The number of hydrogen-bond acceptors (Lipinski definition) is 24. The number of esters is 3. The molecule has 3 amide bonds. The fourth-order valence-electron chi connectivity index (χ4n) is 22.1. The van der Waals surface area contributed by atoms with Gasteiger partial charge in [0.25, 0.3) is 0 Å². The first-order valence-corrected chi connectivity index (χ1v) is 48.5. The molecule has 3 aromatic heterocycles. The van der Waals surface area contributed by atoms with Gasteiger partial charge in [0.05, 0.1) is 89.8 Å². The number of aromatic nitrogens is 6. The molecule has 0 N–H and O–H groups in total. The van der Waals surface area contributed by atoms with Gasteiger partial charge in [-0.3, -0.25) is 28.8 Å². The minimum absolute atomic E-state index is 0. The standard InChI is InChI=1S/C36H46F2N3O6.C35H46F2N3O6.C31H38F2N3O6.3V/c1-6-22-29(19-42)41-18-30(22)46-32-27(39-26-13-12-21(45-34(37)38)15-28(26)40-32)11-9-7-8-10-24-23-14-20(23)17-36(24,5)47-31(43)16-25(33(41)44)35(2,3)4;1-6-23-28(20-41)40-19-29(23)45-31-26(38-25-15-14-22(44-33(36)37)17-27(25)39-31)13-9-7-8-11-21-12-10-16-35(21,5)46-30(42)18-24(32(40)43)34(2,3)4;1-17-24(16-37)36-15-26(17)42-28-22(34-21-11-10-19(40-30(32)33)13-23(21)35-28)9-7-5-6-8-18-12-25(18)41-27(38)14-20(29(36)39)31(2,3)4;;;/h12-13,15,20,22-25,29-30,34H,6-11,14,16-18H2,1-5H3;14-15,17,21,23-24,28-29,33H,6-13,16,18-19H2,1-5H3;10-11,13,17-18,20,24-26,30H,5-9,12,14-15H2,1-4H3;;;/q3*-1;;;/t20?,22-,23?,24+,25+,29+,30-,36+;21-,23+,24-,28-,29+,35-;17-,18+,20+,24+,25+,26-;;;/m010.../s1. The number of ether oxygens (including phenoxy) is 9. The molecule has 3 saturated heterocycles. The van der Waals surface area contributed by atoms with Crippen LogP contribution in [0.1, 0.15) is 262 Å². The van der Waals surface area contributed by atoms with Gasteiger partial charge in [0.2, 0.25) is 35.4 Å². The molecule has 16 rings (SSSR count). The van der Waals surface area contributed by atoms with Crippen molar-refractivity contribution in [2.45, 2.75) is 337 Å². The van der Waals surface area contributed by atoms with E-state index in [4.69, 9.17) is 53.3 Å². The van der Waals surface area contributed by atoms with Crippen molar-refractivity contribution < 1.29 is 168 Å². The van der Waals surface area contributed by atoms with Crippen LogP contribution in [0.25, 0.3) is 33.1 Å². The van der Waals surface area contributed by atoms with Crippen LogP contribution in [0.2, 0.25) is 0 Å². The van der Waals surface area contributed by atoms with Crippen molar-refractivity contribution in [1.29, 1.82) is 0 Å². The van der Waals surface area contributed by atoms with Crippen molar-refractivity contribution in [3.63, 3.8) is 0 Å². The Hall–Kier alpha value is -8.36. The number of benzene rings is 3. The summed E-state index contributed by atoms with van der Waals surface area (Å²) >= 11 is 0. The Balaban J connectivity index is 0.000000197. The van der Waals surface area contributed by atoms with E-state index < -0.39 is 113 Å². The van der Waals surface area contributed by atoms with Gasteiger partial charge in [-0.15, -0.1) is 0 Å². The number of carbonyl (C=O) groups excluding carboxylic acids is 9. The monoisotopic (exact) mass is 2040 g/mol. The van der Waals surface area contributed by atoms with Gasteiger partial charge in [-0.05, 0) is 204 Å². The van der Waals surface area contributed by atoms with Crippen molar-refractivity contribution in [2.24, 2.45) is 81.3 Å². The smallest absolute Gasteiger partial charge is 0.387 e. The molecule has 4 aliphatic carbocycles. The Labute approximate surface area is 839 Å². The largest absolute Gasteiger partial charge is 0.540 e. The predicted octanol–water partition coefficient (Wildman–Crippen LogP) is 18.1. The zero-order valence-electron chi connectivity index (χ0n) is 81.3. The number of halogens is 6. The first kappa shape index (κ1) is 110. The molecule has 36 heteroatoms. The zero-order valence-corrected chi connectivity index (χ0v) is 85.5. The summed E-state index contributed by atoms with van der Waals surface area (Å²) in [5, 5.41) is 0. The summed E-state index contributed by atoms with van der Waals surface area (Å²) in [4.78, 5) is 153. The van der Waals surface area contributed by atoms with Gasteiger partial charge in [0, 0.05) is 79.8 Å². The van der Waals surface area contributed by atoms with Crippen LogP contribution < -0.4 is 28.4 Å². The molecule has 27 nitrogen and oxygen atoms in total. The minimum Gasteiger partial charge on any atom is -0.540 e. The summed E-state index contributed by atoms with van der Waals surface area (Å²) < 4.78 is 129. The summed E-state index contributed by atoms with van der Waals surface area (Å²) in [6.07, 6.45) is 23.5. The fraction of sp³-hybridized carbons (Fsp3) is 0.676. The topological polar surface area (TPSA) is 324 Å². The second kappa shape index (κ2) is 46.4. The molecule has 3 radical (unpaired) electrons. The first-order chi connectivity index (χ1) is 64.1. The van der Waals surface area contributed by atoms with Crippen LogP contribution in [0.5, 0.6) is 34.9 Å². The van der Waals surface area contributed by atoms with Crippen LogP contribution in [0.4, 0.5) is 26.3 Å². The van der Waals surface area contributed by atoms with E-state index in [0.29, 0.717) is 100 Å². The molecule has 4 saturated carbocycles. The number of nitrogens with zero attached hydrogens (tertiary/aromatic N) is 9. The van der Waals surface area contributed by atoms with E-state index in [-0.39, 0.29) is 189 Å². The number of amides is 3. The molecule has 0 spiro atoms. The van der Waals surface area contributed by atoms with Gasteiger partial charge < -0.3 is 71.7 Å². The number of hydrogen-bond donors (Lipinski definition) is 0. The Morgan fingerprint density at radius 3 is 1.20 bits per heavy atom. The third-order valence-electron chi connectivity index (χ3n) is 30.0. The molecule has 138 heavy (non-hydrogen) atoms. The predicted molar refractivity (Wildman–Crippen MR) is 485 cm³/mol. The van der Waals surface area contributed by atoms with Gasteiger partial charge in [-0.25, -0.2) is 48.8 Å². The van der Waals surface area contributed by atoms with E-state index in [9.17, 15) is 69.5 Å². The molecule has 751 valence electrons. The third kappa shape index (κ3) is 26.0. The molecule has 2 unspecified atom stereocenters. The van der Waals surface area contributed by atoms with Crippen LogP contribution in [0.3, 0.4) is 0 Å². The Kier molecular flexibility index (Phi) is 37.0. The summed E-state index contributed by atoms with van der Waals surface area (Å²) in [5.41, 5.74) is 1.62. The molecule has 6 aromatic rings. The molecule has 3 aromatic carbocycles. The fourth-order valence-corrected chi connectivity index (χ4v) is 22.1. The van der Waals surface area contributed by atoms with Crippen molar-refractivity contribution in [3.8, 4) is 34.9 Å². The van der Waals surface area contributed by atoms with Crippen molar-refractivity contribution in [3.05, 3.63) is 71.7 Å². The second-order valence-electron chi connectivity index (χ2n) is 42.5. The van der Waals surface area contributed by atoms with Gasteiger partial charge in [0.1, 0.15) is 69.9 Å². The molecule has 6 bridgehead atoms. The summed E-state index contributed by atoms with van der Waals surface area (Å²) in [7, 11) is 0. The number of carbonyl (C=O) groups is 6. The molecular formula is C102H130F6N9O18V3-3. The molecular weight excluding hydrogens is 1910 g/mol.